The minimum Gasteiger partial charge on any atom is -0.338 e. The minimum atomic E-state index is 0.949. The van der Waals surface area contributed by atoms with Gasteiger partial charge in [-0.3, -0.25) is 10.00 Å². The van der Waals surface area contributed by atoms with Crippen LogP contribution in [0.5, 0.6) is 0 Å². The van der Waals surface area contributed by atoms with Crippen molar-refractivity contribution in [1.82, 2.24) is 15.1 Å². The number of aryl methyl sites for hydroxylation is 1. The summed E-state index contributed by atoms with van der Waals surface area (Å²) in [5, 5.41) is 11.1. The van der Waals surface area contributed by atoms with E-state index in [9.17, 15) is 0 Å². The zero-order valence-corrected chi connectivity index (χ0v) is 13.9. The highest BCUT2D eigenvalue weighted by Crippen LogP contribution is 2.29. The van der Waals surface area contributed by atoms with E-state index in [1.807, 2.05) is 0 Å². The van der Waals surface area contributed by atoms with Gasteiger partial charge in [0.1, 0.15) is 0 Å². The average molecular weight is 318 g/mol. The van der Waals surface area contributed by atoms with Gasteiger partial charge in [0.2, 0.25) is 0 Å². The van der Waals surface area contributed by atoms with Crippen LogP contribution in [0.15, 0.2) is 54.6 Å². The fraction of sp³-hybridized carbons (Fsp3) is 0.250. The molecule has 24 heavy (non-hydrogen) atoms. The summed E-state index contributed by atoms with van der Waals surface area (Å²) in [4.78, 5) is 2.47. The van der Waals surface area contributed by atoms with E-state index in [-0.39, 0.29) is 0 Å². The number of nitrogens with zero attached hydrogens (tertiary/aromatic N) is 2. The zero-order chi connectivity index (χ0) is 16.4. The molecule has 0 saturated carbocycles. The molecule has 0 unspecified atom stereocenters. The zero-order valence-electron chi connectivity index (χ0n) is 13.9. The molecule has 0 radical (unpaired) electrons. The van der Waals surface area contributed by atoms with Gasteiger partial charge in [-0.05, 0) is 31.0 Å². The van der Waals surface area contributed by atoms with Gasteiger partial charge in [-0.25, -0.2) is 0 Å². The molecule has 0 bridgehead atoms. The highest BCUT2D eigenvalue weighted by Gasteiger charge is 2.24. The number of H-pyrrole nitrogens is 1. The van der Waals surface area contributed by atoms with Crippen molar-refractivity contribution in [1.29, 1.82) is 0 Å². The molecule has 0 spiro atoms. The summed E-state index contributed by atoms with van der Waals surface area (Å²) < 4.78 is 0. The predicted octanol–water partition coefficient (Wildman–Crippen LogP) is 4.02. The molecule has 4 rings (SSSR count). The molecule has 0 fully saturated rings. The molecule has 3 aromatic rings. The van der Waals surface area contributed by atoms with Gasteiger partial charge in [0.25, 0.3) is 0 Å². The molecule has 4 nitrogen and oxygen atoms in total. The van der Waals surface area contributed by atoms with Gasteiger partial charge in [0.05, 0.1) is 5.69 Å². The Morgan fingerprint density at radius 2 is 1.83 bits per heavy atom. The quantitative estimate of drug-likeness (QED) is 0.747. The molecule has 2 aromatic carbocycles. The molecule has 1 aliphatic heterocycles. The number of hydrogen-bond donors (Lipinski definition) is 2. The normalized spacial score (nSPS) is 13.9. The van der Waals surface area contributed by atoms with Crippen molar-refractivity contribution >= 4 is 11.5 Å². The molecule has 0 aliphatic carbocycles. The number of anilines is 2. The maximum absolute atomic E-state index is 4.45. The first kappa shape index (κ1) is 15.0. The van der Waals surface area contributed by atoms with Crippen LogP contribution in [0.25, 0.3) is 0 Å². The van der Waals surface area contributed by atoms with E-state index in [1.54, 1.807) is 0 Å². The molecule has 0 atom stereocenters. The molecule has 1 aromatic heterocycles. The lowest BCUT2D eigenvalue weighted by atomic mass is 10.1. The lowest BCUT2D eigenvalue weighted by Crippen LogP contribution is -2.20. The Balaban J connectivity index is 1.40. The molecular formula is C20H22N4. The van der Waals surface area contributed by atoms with E-state index in [0.29, 0.717) is 0 Å². The molecule has 1 aliphatic rings. The highest BCUT2D eigenvalue weighted by atomic mass is 15.3. The smallest absolute Gasteiger partial charge is 0.157 e. The summed E-state index contributed by atoms with van der Waals surface area (Å²) in [6.07, 6.45) is 1.08. The van der Waals surface area contributed by atoms with Crippen molar-refractivity contribution in [2.45, 2.75) is 26.4 Å². The first-order chi connectivity index (χ1) is 11.8. The van der Waals surface area contributed by atoms with E-state index in [1.165, 1.54) is 22.4 Å². The fourth-order valence-corrected chi connectivity index (χ4v) is 3.17. The van der Waals surface area contributed by atoms with Crippen LogP contribution in [-0.2, 0) is 19.5 Å². The highest BCUT2D eigenvalue weighted by molar-refractivity contribution is 5.61. The molecule has 0 saturated heterocycles. The third-order valence-electron chi connectivity index (χ3n) is 4.59. The van der Waals surface area contributed by atoms with E-state index in [4.69, 9.17) is 0 Å². The molecule has 4 heteroatoms. The van der Waals surface area contributed by atoms with Crippen molar-refractivity contribution in [2.75, 3.05) is 11.9 Å². The maximum Gasteiger partial charge on any atom is 0.157 e. The van der Waals surface area contributed by atoms with Gasteiger partial charge in [-0.2, -0.15) is 5.10 Å². The summed E-state index contributed by atoms with van der Waals surface area (Å²) in [5.74, 6) is 0.955. The minimum absolute atomic E-state index is 0.949. The molecule has 2 heterocycles. The number of hydrogen-bond acceptors (Lipinski definition) is 3. The Morgan fingerprint density at radius 3 is 2.62 bits per heavy atom. The monoisotopic (exact) mass is 318 g/mol. The first-order valence-corrected chi connectivity index (χ1v) is 8.44. The lowest BCUT2D eigenvalue weighted by molar-refractivity contribution is 0.285. The second-order valence-corrected chi connectivity index (χ2v) is 6.47. The van der Waals surface area contributed by atoms with Gasteiger partial charge < -0.3 is 5.32 Å². The molecule has 0 amide bonds. The van der Waals surface area contributed by atoms with Gasteiger partial charge in [-0.1, -0.05) is 48.0 Å². The number of fused-ring (bicyclic) bond motifs is 1. The third kappa shape index (κ3) is 3.19. The Morgan fingerprint density at radius 1 is 1.04 bits per heavy atom. The first-order valence-electron chi connectivity index (χ1n) is 8.44. The van der Waals surface area contributed by atoms with Crippen LogP contribution < -0.4 is 5.32 Å². The van der Waals surface area contributed by atoms with Crippen molar-refractivity contribution in [3.05, 3.63) is 77.0 Å². The fourth-order valence-electron chi connectivity index (χ4n) is 3.17. The summed E-state index contributed by atoms with van der Waals surface area (Å²) in [5.41, 5.74) is 6.27. The van der Waals surface area contributed by atoms with Crippen LogP contribution in [0.1, 0.15) is 22.4 Å². The SMILES string of the molecule is Cc1ccc(Nc2n[nH]c3c2CN(CCc2ccccc2)C3)cc1. The third-order valence-corrected chi connectivity index (χ3v) is 4.59. The van der Waals surface area contributed by atoms with Crippen molar-refractivity contribution in [2.24, 2.45) is 0 Å². The van der Waals surface area contributed by atoms with Crippen molar-refractivity contribution in [3.63, 3.8) is 0 Å². The van der Waals surface area contributed by atoms with Gasteiger partial charge in [-0.15, -0.1) is 0 Å². The van der Waals surface area contributed by atoms with Crippen LogP contribution in [0, 0.1) is 6.92 Å². The Hall–Kier alpha value is -2.59. The Kier molecular flexibility index (Phi) is 4.05. The number of benzene rings is 2. The molecule has 2 N–H and O–H groups in total. The van der Waals surface area contributed by atoms with Crippen LogP contribution in [0.4, 0.5) is 11.5 Å². The van der Waals surface area contributed by atoms with Crippen molar-refractivity contribution < 1.29 is 0 Å². The molecule has 122 valence electrons. The second kappa shape index (κ2) is 6.49. The van der Waals surface area contributed by atoms with E-state index in [2.05, 4.69) is 81.9 Å². The van der Waals surface area contributed by atoms with Crippen molar-refractivity contribution in [3.8, 4) is 0 Å². The summed E-state index contributed by atoms with van der Waals surface area (Å²) in [7, 11) is 0. The average Bonchev–Trinajstić information content (AvgIpc) is 3.17. The van der Waals surface area contributed by atoms with E-state index < -0.39 is 0 Å². The van der Waals surface area contributed by atoms with E-state index in [0.717, 1.165) is 37.6 Å². The summed E-state index contributed by atoms with van der Waals surface area (Å²) in [6.45, 7) is 5.06. The molecular weight excluding hydrogens is 296 g/mol. The van der Waals surface area contributed by atoms with E-state index >= 15 is 0 Å². The summed E-state index contributed by atoms with van der Waals surface area (Å²) in [6, 6.07) is 19.1. The van der Waals surface area contributed by atoms with Gasteiger partial charge >= 0.3 is 0 Å². The Labute approximate surface area is 142 Å². The van der Waals surface area contributed by atoms with Crippen LogP contribution in [0.3, 0.4) is 0 Å². The van der Waals surface area contributed by atoms with Crippen LogP contribution >= 0.6 is 0 Å². The van der Waals surface area contributed by atoms with Gasteiger partial charge in [0, 0.05) is 30.9 Å². The lowest BCUT2D eigenvalue weighted by Gasteiger charge is -2.15. The maximum atomic E-state index is 4.45. The van der Waals surface area contributed by atoms with Crippen LogP contribution in [-0.4, -0.2) is 21.6 Å². The number of aromatic amines is 1. The number of aromatic nitrogens is 2. The summed E-state index contributed by atoms with van der Waals surface area (Å²) >= 11 is 0. The topological polar surface area (TPSA) is 44.0 Å². The number of nitrogens with one attached hydrogen (secondary N) is 2. The van der Waals surface area contributed by atoms with Crippen LogP contribution in [0.2, 0.25) is 0 Å². The largest absolute Gasteiger partial charge is 0.338 e. The predicted molar refractivity (Wildman–Crippen MR) is 97.3 cm³/mol. The van der Waals surface area contributed by atoms with Gasteiger partial charge in [0.15, 0.2) is 5.82 Å². The number of rotatable bonds is 5. The standard InChI is InChI=1S/C20H22N4/c1-15-7-9-17(10-8-15)21-20-18-13-24(14-19(18)22-23-20)12-11-16-5-3-2-4-6-16/h2-10H,11-14H2,1H3,(H2,21,22,23). The Bertz CT molecular complexity index is 805. The second-order valence-electron chi connectivity index (χ2n) is 6.47.